The van der Waals surface area contributed by atoms with E-state index in [9.17, 15) is 4.79 Å². The first-order valence-corrected chi connectivity index (χ1v) is 8.91. The van der Waals surface area contributed by atoms with Gasteiger partial charge in [-0.25, -0.2) is 4.79 Å². The van der Waals surface area contributed by atoms with Crippen molar-refractivity contribution in [2.45, 2.75) is 12.5 Å². The van der Waals surface area contributed by atoms with E-state index in [1.807, 2.05) is 29.2 Å². The highest BCUT2D eigenvalue weighted by atomic mass is 35.5. The molecule has 1 atom stereocenters. The number of anilines is 1. The molecule has 1 unspecified atom stereocenters. The van der Waals surface area contributed by atoms with Gasteiger partial charge in [-0.3, -0.25) is 4.98 Å². The van der Waals surface area contributed by atoms with Crippen molar-refractivity contribution in [3.8, 4) is 0 Å². The van der Waals surface area contributed by atoms with Gasteiger partial charge in [0.1, 0.15) is 0 Å². The summed E-state index contributed by atoms with van der Waals surface area (Å²) in [5.74, 6) is 0. The molecule has 0 fully saturated rings. The number of urea groups is 1. The van der Waals surface area contributed by atoms with Crippen molar-refractivity contribution in [3.05, 3.63) is 94.8 Å². The van der Waals surface area contributed by atoms with Gasteiger partial charge in [-0.1, -0.05) is 35.9 Å². The fourth-order valence-electron chi connectivity index (χ4n) is 3.42. The van der Waals surface area contributed by atoms with Gasteiger partial charge in [0, 0.05) is 29.6 Å². The lowest BCUT2D eigenvalue weighted by Crippen LogP contribution is -2.43. The van der Waals surface area contributed by atoms with Crippen LogP contribution < -0.4 is 5.32 Å². The van der Waals surface area contributed by atoms with Gasteiger partial charge in [-0.15, -0.1) is 0 Å². The lowest BCUT2D eigenvalue weighted by atomic mass is 9.89. The minimum Gasteiger partial charge on any atom is -0.313 e. The predicted molar refractivity (Wildman–Crippen MR) is 103 cm³/mol. The maximum absolute atomic E-state index is 13.0. The van der Waals surface area contributed by atoms with Gasteiger partial charge in [0.15, 0.2) is 0 Å². The van der Waals surface area contributed by atoms with Crippen LogP contribution in [0, 0.1) is 0 Å². The van der Waals surface area contributed by atoms with E-state index >= 15 is 0 Å². The first-order valence-electron chi connectivity index (χ1n) is 8.53. The maximum atomic E-state index is 13.0. The van der Waals surface area contributed by atoms with E-state index in [0.717, 1.165) is 23.2 Å². The molecular formula is C21H18ClN3O. The van der Waals surface area contributed by atoms with Crippen molar-refractivity contribution in [2.24, 2.45) is 0 Å². The molecule has 5 heteroatoms. The number of carbonyl (C=O) groups excluding carboxylic acids is 1. The summed E-state index contributed by atoms with van der Waals surface area (Å²) in [6.07, 6.45) is 4.37. The van der Waals surface area contributed by atoms with Crippen LogP contribution in [0.2, 0.25) is 5.02 Å². The predicted octanol–water partition coefficient (Wildman–Crippen LogP) is 4.91. The quantitative estimate of drug-likeness (QED) is 0.702. The summed E-state index contributed by atoms with van der Waals surface area (Å²) in [6, 6.07) is 19.1. The molecule has 2 aromatic carbocycles. The molecule has 0 saturated carbocycles. The largest absolute Gasteiger partial charge is 0.322 e. The highest BCUT2D eigenvalue weighted by molar-refractivity contribution is 6.30. The zero-order valence-corrected chi connectivity index (χ0v) is 14.9. The molecule has 1 aliphatic heterocycles. The molecule has 0 aliphatic carbocycles. The van der Waals surface area contributed by atoms with Crippen molar-refractivity contribution in [1.29, 1.82) is 0 Å². The van der Waals surface area contributed by atoms with Crippen molar-refractivity contribution in [3.63, 3.8) is 0 Å². The molecule has 1 aliphatic rings. The molecule has 130 valence electrons. The van der Waals surface area contributed by atoms with Crippen LogP contribution in [-0.4, -0.2) is 22.5 Å². The van der Waals surface area contributed by atoms with E-state index in [4.69, 9.17) is 11.6 Å². The van der Waals surface area contributed by atoms with Gasteiger partial charge in [0.2, 0.25) is 0 Å². The Bertz CT molecular complexity index is 912. The third kappa shape index (κ3) is 3.28. The van der Waals surface area contributed by atoms with Gasteiger partial charge < -0.3 is 10.2 Å². The fourth-order valence-corrected chi connectivity index (χ4v) is 3.55. The fraction of sp³-hybridized carbons (Fsp3) is 0.143. The minimum absolute atomic E-state index is 0.122. The number of halogens is 1. The number of hydrogen-bond acceptors (Lipinski definition) is 2. The number of nitrogens with one attached hydrogen (secondary N) is 1. The Hall–Kier alpha value is -2.85. The molecule has 1 N–H and O–H groups in total. The van der Waals surface area contributed by atoms with E-state index < -0.39 is 0 Å². The summed E-state index contributed by atoms with van der Waals surface area (Å²) in [4.78, 5) is 19.0. The topological polar surface area (TPSA) is 45.2 Å². The van der Waals surface area contributed by atoms with Crippen LogP contribution >= 0.6 is 11.6 Å². The van der Waals surface area contributed by atoms with Gasteiger partial charge in [0.25, 0.3) is 0 Å². The van der Waals surface area contributed by atoms with Crippen molar-refractivity contribution in [1.82, 2.24) is 9.88 Å². The molecular weight excluding hydrogens is 346 g/mol. The Balaban J connectivity index is 1.68. The molecule has 0 bridgehead atoms. The number of carbonyl (C=O) groups is 1. The van der Waals surface area contributed by atoms with E-state index in [1.165, 1.54) is 5.56 Å². The number of benzene rings is 2. The number of aromatic nitrogens is 1. The zero-order chi connectivity index (χ0) is 17.9. The van der Waals surface area contributed by atoms with Crippen LogP contribution in [0.4, 0.5) is 10.5 Å². The molecule has 1 aromatic heterocycles. The van der Waals surface area contributed by atoms with Crippen molar-refractivity contribution >= 4 is 23.3 Å². The molecule has 26 heavy (non-hydrogen) atoms. The Morgan fingerprint density at radius 3 is 2.54 bits per heavy atom. The van der Waals surface area contributed by atoms with Gasteiger partial charge in [0.05, 0.1) is 6.04 Å². The highest BCUT2D eigenvalue weighted by Gasteiger charge is 2.31. The van der Waals surface area contributed by atoms with Crippen LogP contribution in [0.25, 0.3) is 0 Å². The number of nitrogens with zero attached hydrogens (tertiary/aromatic N) is 2. The van der Waals surface area contributed by atoms with Crippen molar-refractivity contribution in [2.75, 3.05) is 11.9 Å². The van der Waals surface area contributed by atoms with Crippen LogP contribution in [0.15, 0.2) is 73.1 Å². The number of amides is 2. The number of hydrogen-bond donors (Lipinski definition) is 1. The lowest BCUT2D eigenvalue weighted by Gasteiger charge is -2.37. The minimum atomic E-state index is -0.129. The molecule has 4 nitrogen and oxygen atoms in total. The molecule has 0 radical (unpaired) electrons. The van der Waals surface area contributed by atoms with E-state index in [-0.39, 0.29) is 12.1 Å². The third-order valence-electron chi connectivity index (χ3n) is 4.66. The van der Waals surface area contributed by atoms with Gasteiger partial charge >= 0.3 is 6.03 Å². The standard InChI is InChI=1S/C21H18ClN3O/c22-17-5-7-18(8-6-17)24-21(26)25-14-11-15-3-1-2-4-19(15)20(25)16-9-12-23-13-10-16/h1-10,12-13,20H,11,14H2,(H,24,26). The summed E-state index contributed by atoms with van der Waals surface area (Å²) >= 11 is 5.93. The molecule has 4 rings (SSSR count). The normalized spacial score (nSPS) is 16.0. The zero-order valence-electron chi connectivity index (χ0n) is 14.1. The second kappa shape index (κ2) is 7.18. The Morgan fingerprint density at radius 1 is 1.04 bits per heavy atom. The summed E-state index contributed by atoms with van der Waals surface area (Å²) in [6.45, 7) is 0.656. The average Bonchev–Trinajstić information content (AvgIpc) is 2.69. The third-order valence-corrected chi connectivity index (χ3v) is 4.91. The molecule has 2 amide bonds. The van der Waals surface area contributed by atoms with Crippen LogP contribution in [-0.2, 0) is 6.42 Å². The summed E-state index contributed by atoms with van der Waals surface area (Å²) < 4.78 is 0. The first kappa shape index (κ1) is 16.6. The summed E-state index contributed by atoms with van der Waals surface area (Å²) in [5, 5.41) is 3.63. The van der Waals surface area contributed by atoms with E-state index in [1.54, 1.807) is 36.7 Å². The Labute approximate surface area is 157 Å². The van der Waals surface area contributed by atoms with E-state index in [0.29, 0.717) is 11.6 Å². The molecule has 0 spiro atoms. The van der Waals surface area contributed by atoms with Crippen LogP contribution in [0.3, 0.4) is 0 Å². The molecule has 2 heterocycles. The monoisotopic (exact) mass is 363 g/mol. The second-order valence-electron chi connectivity index (χ2n) is 6.26. The average molecular weight is 364 g/mol. The molecule has 0 saturated heterocycles. The first-order chi connectivity index (χ1) is 12.7. The summed E-state index contributed by atoms with van der Waals surface area (Å²) in [5.41, 5.74) is 4.23. The SMILES string of the molecule is O=C(Nc1ccc(Cl)cc1)N1CCc2ccccc2C1c1ccncc1. The Morgan fingerprint density at radius 2 is 1.77 bits per heavy atom. The number of rotatable bonds is 2. The van der Waals surface area contributed by atoms with Crippen LogP contribution in [0.1, 0.15) is 22.7 Å². The second-order valence-corrected chi connectivity index (χ2v) is 6.70. The smallest absolute Gasteiger partial charge is 0.313 e. The number of fused-ring (bicyclic) bond motifs is 1. The van der Waals surface area contributed by atoms with E-state index in [2.05, 4.69) is 22.4 Å². The Kier molecular flexibility index (Phi) is 4.59. The maximum Gasteiger partial charge on any atom is 0.322 e. The van der Waals surface area contributed by atoms with Gasteiger partial charge in [-0.05, 0) is 59.5 Å². The van der Waals surface area contributed by atoms with Gasteiger partial charge in [-0.2, -0.15) is 0 Å². The summed E-state index contributed by atoms with van der Waals surface area (Å²) in [7, 11) is 0. The number of pyridine rings is 1. The lowest BCUT2D eigenvalue weighted by molar-refractivity contribution is 0.194. The van der Waals surface area contributed by atoms with Crippen molar-refractivity contribution < 1.29 is 4.79 Å². The molecule has 3 aromatic rings. The highest BCUT2D eigenvalue weighted by Crippen LogP contribution is 2.35. The van der Waals surface area contributed by atoms with Crippen LogP contribution in [0.5, 0.6) is 0 Å².